The lowest BCUT2D eigenvalue weighted by molar-refractivity contribution is -0.145. The van der Waals surface area contributed by atoms with Crippen molar-refractivity contribution in [2.75, 3.05) is 27.8 Å². The van der Waals surface area contributed by atoms with Crippen molar-refractivity contribution in [3.05, 3.63) is 23.5 Å². The summed E-state index contributed by atoms with van der Waals surface area (Å²) in [6.45, 7) is 5.08. The summed E-state index contributed by atoms with van der Waals surface area (Å²) in [6.07, 6.45) is 0. The van der Waals surface area contributed by atoms with Gasteiger partial charge >= 0.3 is 5.97 Å². The van der Waals surface area contributed by atoms with Crippen LogP contribution in [0.4, 0.5) is 0 Å². The predicted octanol–water partition coefficient (Wildman–Crippen LogP) is 1.64. The summed E-state index contributed by atoms with van der Waals surface area (Å²) in [4.78, 5) is 17.9. The number of ether oxygens (including phenoxy) is 2. The van der Waals surface area contributed by atoms with Gasteiger partial charge in [-0.2, -0.15) is 0 Å². The molecule has 0 aliphatic carbocycles. The van der Waals surface area contributed by atoms with Crippen LogP contribution in [0.5, 0.6) is 5.75 Å². The van der Waals surface area contributed by atoms with Gasteiger partial charge in [-0.3, -0.25) is 14.7 Å². The van der Waals surface area contributed by atoms with E-state index < -0.39 is 0 Å². The topological polar surface area (TPSA) is 51.7 Å². The summed E-state index contributed by atoms with van der Waals surface area (Å²) in [5, 5.41) is 0. The molecule has 106 valence electrons. The summed E-state index contributed by atoms with van der Waals surface area (Å²) in [5.74, 6) is 0.459. The minimum absolute atomic E-state index is 0.151. The lowest BCUT2D eigenvalue weighted by Crippen LogP contribution is -2.29. The van der Waals surface area contributed by atoms with E-state index in [9.17, 15) is 4.79 Å². The van der Waals surface area contributed by atoms with Crippen molar-refractivity contribution < 1.29 is 14.3 Å². The Morgan fingerprint density at radius 2 is 2.11 bits per heavy atom. The van der Waals surface area contributed by atoms with Crippen molar-refractivity contribution >= 4 is 5.97 Å². The third-order valence-electron chi connectivity index (χ3n) is 2.84. The van der Waals surface area contributed by atoms with E-state index in [0.29, 0.717) is 13.1 Å². The van der Waals surface area contributed by atoms with Crippen LogP contribution in [0.15, 0.2) is 12.1 Å². The number of rotatable bonds is 6. The number of hydrogen-bond donors (Lipinski definition) is 0. The first kappa shape index (κ1) is 15.4. The van der Waals surface area contributed by atoms with Gasteiger partial charge in [-0.15, -0.1) is 0 Å². The van der Waals surface area contributed by atoms with Gasteiger partial charge in [0, 0.05) is 30.9 Å². The fourth-order valence-corrected chi connectivity index (χ4v) is 1.99. The molecule has 0 aliphatic rings. The number of carbonyl (C=O) groups excluding carboxylic acids is 1. The summed E-state index contributed by atoms with van der Waals surface area (Å²) in [7, 11) is 5.00. The van der Waals surface area contributed by atoms with E-state index in [1.807, 2.05) is 37.9 Å². The Morgan fingerprint density at radius 3 is 2.68 bits per heavy atom. The molecule has 5 nitrogen and oxygen atoms in total. The molecule has 1 unspecified atom stereocenters. The monoisotopic (exact) mass is 266 g/mol. The summed E-state index contributed by atoms with van der Waals surface area (Å²) < 4.78 is 9.94. The molecule has 0 N–H and O–H groups in total. The molecule has 0 spiro atoms. The van der Waals surface area contributed by atoms with Crippen LogP contribution in [0, 0.1) is 12.8 Å². The van der Waals surface area contributed by atoms with E-state index in [0.717, 1.165) is 17.1 Å². The Morgan fingerprint density at radius 1 is 1.42 bits per heavy atom. The quantitative estimate of drug-likeness (QED) is 0.733. The highest BCUT2D eigenvalue weighted by molar-refractivity contribution is 5.72. The Labute approximate surface area is 114 Å². The molecule has 19 heavy (non-hydrogen) atoms. The first-order valence-electron chi connectivity index (χ1n) is 6.24. The molecule has 1 rings (SSSR count). The van der Waals surface area contributed by atoms with Gasteiger partial charge in [0.1, 0.15) is 5.75 Å². The minimum atomic E-state index is -0.193. The van der Waals surface area contributed by atoms with Crippen LogP contribution in [0.3, 0.4) is 0 Å². The zero-order valence-electron chi connectivity index (χ0n) is 12.3. The lowest BCUT2D eigenvalue weighted by atomic mass is 10.1. The Bertz CT molecular complexity index is 435. The fourth-order valence-electron chi connectivity index (χ4n) is 1.99. The Hall–Kier alpha value is -1.62. The number of aryl methyl sites for hydroxylation is 1. The van der Waals surface area contributed by atoms with Gasteiger partial charge < -0.3 is 9.47 Å². The van der Waals surface area contributed by atoms with Crippen LogP contribution < -0.4 is 4.74 Å². The number of pyridine rings is 1. The Kier molecular flexibility index (Phi) is 5.76. The van der Waals surface area contributed by atoms with Crippen LogP contribution >= 0.6 is 0 Å². The number of nitrogens with zero attached hydrogens (tertiary/aromatic N) is 2. The summed E-state index contributed by atoms with van der Waals surface area (Å²) in [5.41, 5.74) is 1.85. The van der Waals surface area contributed by atoms with Crippen molar-refractivity contribution in [3.8, 4) is 5.75 Å². The van der Waals surface area contributed by atoms with Crippen molar-refractivity contribution in [2.24, 2.45) is 5.92 Å². The molecular weight excluding hydrogens is 244 g/mol. The highest BCUT2D eigenvalue weighted by atomic mass is 16.5. The van der Waals surface area contributed by atoms with E-state index >= 15 is 0 Å². The molecule has 0 saturated carbocycles. The summed E-state index contributed by atoms with van der Waals surface area (Å²) >= 11 is 0. The second-order valence-corrected chi connectivity index (χ2v) is 4.76. The SMILES string of the molecule is COC(=O)C(C)CN(C)Cc1cc(OC)cc(C)n1. The van der Waals surface area contributed by atoms with Crippen molar-refractivity contribution in [1.29, 1.82) is 0 Å². The van der Waals surface area contributed by atoms with Crippen molar-refractivity contribution in [3.63, 3.8) is 0 Å². The molecule has 0 bridgehead atoms. The van der Waals surface area contributed by atoms with Gasteiger partial charge in [0.2, 0.25) is 0 Å². The fraction of sp³-hybridized carbons (Fsp3) is 0.571. The molecule has 0 aliphatic heterocycles. The second-order valence-electron chi connectivity index (χ2n) is 4.76. The zero-order valence-corrected chi connectivity index (χ0v) is 12.3. The smallest absolute Gasteiger partial charge is 0.309 e. The maximum absolute atomic E-state index is 11.4. The van der Waals surface area contributed by atoms with Gasteiger partial charge in [-0.05, 0) is 14.0 Å². The normalized spacial score (nSPS) is 12.3. The molecule has 1 aromatic rings. The maximum atomic E-state index is 11.4. The predicted molar refractivity (Wildman–Crippen MR) is 73.0 cm³/mol. The van der Waals surface area contributed by atoms with Crippen LogP contribution in [0.2, 0.25) is 0 Å². The number of aromatic nitrogens is 1. The average Bonchev–Trinajstić information content (AvgIpc) is 2.36. The number of esters is 1. The molecule has 0 fully saturated rings. The molecule has 1 aromatic heterocycles. The van der Waals surface area contributed by atoms with E-state index in [2.05, 4.69) is 4.98 Å². The van der Waals surface area contributed by atoms with Gasteiger partial charge in [0.05, 0.1) is 25.8 Å². The maximum Gasteiger partial charge on any atom is 0.309 e. The van der Waals surface area contributed by atoms with Gasteiger partial charge in [-0.1, -0.05) is 6.92 Å². The van der Waals surface area contributed by atoms with E-state index in [1.54, 1.807) is 7.11 Å². The molecule has 0 aromatic carbocycles. The van der Waals surface area contributed by atoms with Gasteiger partial charge in [0.15, 0.2) is 0 Å². The molecule has 1 heterocycles. The van der Waals surface area contributed by atoms with E-state index in [-0.39, 0.29) is 11.9 Å². The first-order valence-corrected chi connectivity index (χ1v) is 6.24. The zero-order chi connectivity index (χ0) is 14.4. The number of hydrogen-bond acceptors (Lipinski definition) is 5. The Balaban J connectivity index is 2.63. The summed E-state index contributed by atoms with van der Waals surface area (Å²) in [6, 6.07) is 3.80. The highest BCUT2D eigenvalue weighted by Gasteiger charge is 2.16. The third-order valence-corrected chi connectivity index (χ3v) is 2.84. The number of methoxy groups -OCH3 is 2. The van der Waals surface area contributed by atoms with Crippen LogP contribution in [0.25, 0.3) is 0 Å². The van der Waals surface area contributed by atoms with Crippen LogP contribution in [0.1, 0.15) is 18.3 Å². The van der Waals surface area contributed by atoms with Crippen LogP contribution in [-0.2, 0) is 16.1 Å². The van der Waals surface area contributed by atoms with E-state index in [4.69, 9.17) is 9.47 Å². The minimum Gasteiger partial charge on any atom is -0.497 e. The van der Waals surface area contributed by atoms with Crippen molar-refractivity contribution in [1.82, 2.24) is 9.88 Å². The molecule has 0 radical (unpaired) electrons. The number of carbonyl (C=O) groups is 1. The van der Waals surface area contributed by atoms with E-state index in [1.165, 1.54) is 7.11 Å². The van der Waals surface area contributed by atoms with Gasteiger partial charge in [0.25, 0.3) is 0 Å². The largest absolute Gasteiger partial charge is 0.497 e. The molecule has 1 atom stereocenters. The molecular formula is C14H22N2O3. The van der Waals surface area contributed by atoms with Gasteiger partial charge in [-0.25, -0.2) is 0 Å². The molecule has 0 saturated heterocycles. The molecule has 5 heteroatoms. The molecule has 0 amide bonds. The third kappa shape index (κ3) is 4.87. The standard InChI is InChI=1S/C14H22N2O3/c1-10(14(17)19-5)8-16(3)9-12-7-13(18-4)6-11(2)15-12/h6-7,10H,8-9H2,1-5H3. The highest BCUT2D eigenvalue weighted by Crippen LogP contribution is 2.14. The average molecular weight is 266 g/mol. The van der Waals surface area contributed by atoms with Crippen LogP contribution in [-0.4, -0.2) is 43.7 Å². The van der Waals surface area contributed by atoms with Crippen molar-refractivity contribution in [2.45, 2.75) is 20.4 Å². The second kappa shape index (κ2) is 7.09. The first-order chi connectivity index (χ1) is 8.96. The lowest BCUT2D eigenvalue weighted by Gasteiger charge is -2.20.